The van der Waals surface area contributed by atoms with Crippen molar-refractivity contribution >= 4 is 7.82 Å². The topological polar surface area (TPSA) is 105 Å². The zero-order chi connectivity index (χ0) is 50.4. The van der Waals surface area contributed by atoms with Crippen molar-refractivity contribution in [2.45, 2.75) is 257 Å². The number of hydrogen-bond donors (Lipinski definition) is 3. The van der Waals surface area contributed by atoms with E-state index in [-0.39, 0.29) is 19.8 Å². The lowest BCUT2D eigenvalue weighted by Crippen LogP contribution is -2.24. The van der Waals surface area contributed by atoms with Crippen molar-refractivity contribution in [2.75, 3.05) is 0 Å². The normalized spacial score (nSPS) is 13.6. The number of hydrogen-bond acceptors (Lipinski definition) is 7. The van der Waals surface area contributed by atoms with Crippen molar-refractivity contribution in [1.82, 2.24) is 0 Å². The molecule has 3 aromatic carbocycles. The predicted octanol–water partition coefficient (Wildman–Crippen LogP) is 16.0. The fourth-order valence-electron chi connectivity index (χ4n) is 10.9. The van der Waals surface area contributed by atoms with Crippen LogP contribution in [0.4, 0.5) is 0 Å². The quantitative estimate of drug-likeness (QED) is 0.130. The molecule has 0 aliphatic carbocycles. The van der Waals surface area contributed by atoms with Gasteiger partial charge in [0.2, 0.25) is 0 Å². The molecule has 0 unspecified atom stereocenters. The van der Waals surface area contributed by atoms with Crippen molar-refractivity contribution in [3.05, 3.63) is 83.5 Å². The molecular formula is C57H93O7P. The summed E-state index contributed by atoms with van der Waals surface area (Å²) in [7, 11) is -4.46. The van der Waals surface area contributed by atoms with E-state index in [0.717, 1.165) is 83.5 Å². The first kappa shape index (κ1) is 56.5. The summed E-state index contributed by atoms with van der Waals surface area (Å²) in [5.74, 6) is 0.972. The smallest absolute Gasteiger partial charge is 0.475 e. The Morgan fingerprint density at radius 2 is 0.446 bits per heavy atom. The van der Waals surface area contributed by atoms with Crippen LogP contribution in [0.15, 0.2) is 0 Å². The van der Waals surface area contributed by atoms with E-state index in [1.807, 2.05) is 0 Å². The SMILES string of the molecule is CCc1c(COP(=O)(OCc2c(CC)c(C(C)(C)C)c(O)c(C(C)(C)C)c2CC)OCc2c(CC)c(C(C)(C)C)c(O)c(C(C)(C)C)c2CC)c(CC)c(C(C)(C)C)c(O)c1C(C)(C)C. The van der Waals surface area contributed by atoms with Crippen LogP contribution >= 0.6 is 7.82 Å². The lowest BCUT2D eigenvalue weighted by atomic mass is 9.72. The minimum absolute atomic E-state index is 0.0509. The molecule has 0 bridgehead atoms. The second-order valence-corrected chi connectivity index (χ2v) is 26.2. The third kappa shape index (κ3) is 11.7. The highest BCUT2D eigenvalue weighted by Gasteiger charge is 2.39. The average molecular weight is 921 g/mol. The number of phenols is 3. The summed E-state index contributed by atoms with van der Waals surface area (Å²) >= 11 is 0. The van der Waals surface area contributed by atoms with Gasteiger partial charge in [-0.25, -0.2) is 4.57 Å². The van der Waals surface area contributed by atoms with Crippen LogP contribution in [0.2, 0.25) is 0 Å². The largest absolute Gasteiger partial charge is 0.507 e. The van der Waals surface area contributed by atoms with Crippen LogP contribution in [0.3, 0.4) is 0 Å². The summed E-state index contributed by atoms with van der Waals surface area (Å²) in [6.07, 6.45) is 3.83. The number of rotatable bonds is 15. The molecule has 0 radical (unpaired) electrons. The predicted molar refractivity (Wildman–Crippen MR) is 275 cm³/mol. The Hall–Kier alpha value is -2.83. The van der Waals surface area contributed by atoms with Gasteiger partial charge < -0.3 is 15.3 Å². The number of aromatic hydroxyl groups is 3. The number of phosphoric acid groups is 1. The lowest BCUT2D eigenvalue weighted by Gasteiger charge is -2.35. The van der Waals surface area contributed by atoms with Crippen molar-refractivity contribution in [2.24, 2.45) is 0 Å². The van der Waals surface area contributed by atoms with Crippen molar-refractivity contribution in [1.29, 1.82) is 0 Å². The third-order valence-corrected chi connectivity index (χ3v) is 14.5. The molecule has 0 saturated heterocycles. The number of phenolic OH excluding ortho intramolecular Hbond substituents is 3. The second-order valence-electron chi connectivity index (χ2n) is 24.5. The summed E-state index contributed by atoms with van der Waals surface area (Å²) in [6.45, 7) is 50.7. The molecule has 0 aliphatic heterocycles. The Kier molecular flexibility index (Phi) is 17.4. The Balaban J connectivity index is 2.52. The molecule has 0 amide bonds. The molecule has 65 heavy (non-hydrogen) atoms. The standard InChI is InChI=1S/C57H93O7P/c1-25-34-40(35(26-2)44(53(10,11)12)49(58)43(34)52(7,8)9)31-62-65(61,63-32-41-36(27-3)45(54(13,14)15)50(59)46(37(41)28-4)55(16,17)18)64-33-42-38(29-5)47(56(19,20)21)51(60)48(39(42)30-6)57(22,23)24/h58-60H,25-33H2,1-24H3. The first-order chi connectivity index (χ1) is 29.4. The molecule has 3 rings (SSSR count). The van der Waals surface area contributed by atoms with Gasteiger partial charge >= 0.3 is 7.82 Å². The average Bonchev–Trinajstić information content (AvgIpc) is 3.14. The van der Waals surface area contributed by atoms with Gasteiger partial charge in [0.05, 0.1) is 19.8 Å². The van der Waals surface area contributed by atoms with E-state index in [1.54, 1.807) is 0 Å². The van der Waals surface area contributed by atoms with Crippen LogP contribution in [0.25, 0.3) is 0 Å². The molecular weight excluding hydrogens is 828 g/mol. The molecule has 3 N–H and O–H groups in total. The maximum absolute atomic E-state index is 16.0. The minimum atomic E-state index is -4.46. The second kappa shape index (κ2) is 20.0. The van der Waals surface area contributed by atoms with Crippen LogP contribution in [0.5, 0.6) is 17.2 Å². The third-order valence-electron chi connectivity index (χ3n) is 13.1. The van der Waals surface area contributed by atoms with Crippen molar-refractivity contribution in [3.63, 3.8) is 0 Å². The first-order valence-corrected chi connectivity index (χ1v) is 26.2. The highest BCUT2D eigenvalue weighted by Crippen LogP contribution is 2.56. The maximum Gasteiger partial charge on any atom is 0.475 e. The van der Waals surface area contributed by atoms with Gasteiger partial charge in [-0.15, -0.1) is 0 Å². The molecule has 7 nitrogen and oxygen atoms in total. The molecule has 0 heterocycles. The van der Waals surface area contributed by atoms with Gasteiger partial charge in [-0.1, -0.05) is 166 Å². The Morgan fingerprint density at radius 1 is 0.308 bits per heavy atom. The highest BCUT2D eigenvalue weighted by atomic mass is 31.2. The Bertz CT molecular complexity index is 1860. The summed E-state index contributed by atoms with van der Waals surface area (Å²) < 4.78 is 36.4. The van der Waals surface area contributed by atoms with E-state index < -0.39 is 40.3 Å². The van der Waals surface area contributed by atoms with E-state index in [1.165, 1.54) is 0 Å². The molecule has 0 aliphatic rings. The maximum atomic E-state index is 16.0. The van der Waals surface area contributed by atoms with Crippen LogP contribution < -0.4 is 0 Å². The van der Waals surface area contributed by atoms with Gasteiger partial charge in [0.15, 0.2) is 0 Å². The summed E-state index contributed by atoms with van der Waals surface area (Å²) in [5, 5.41) is 36.4. The summed E-state index contributed by atoms with van der Waals surface area (Å²) in [5.41, 5.74) is 11.5. The van der Waals surface area contributed by atoms with E-state index >= 15 is 4.57 Å². The molecule has 8 heteroatoms. The Morgan fingerprint density at radius 3 is 0.554 bits per heavy atom. The minimum Gasteiger partial charge on any atom is -0.507 e. The summed E-state index contributed by atoms with van der Waals surface area (Å²) in [4.78, 5) is 0. The molecule has 3 aromatic rings. The van der Waals surface area contributed by atoms with Crippen LogP contribution in [-0.4, -0.2) is 15.3 Å². The van der Waals surface area contributed by atoms with E-state index in [2.05, 4.69) is 166 Å². The first-order valence-electron chi connectivity index (χ1n) is 24.7. The zero-order valence-electron chi connectivity index (χ0n) is 45.8. The monoisotopic (exact) mass is 921 g/mol. The van der Waals surface area contributed by atoms with Crippen molar-refractivity contribution < 1.29 is 33.5 Å². The van der Waals surface area contributed by atoms with Gasteiger partial charge in [-0.3, -0.25) is 13.6 Å². The van der Waals surface area contributed by atoms with Gasteiger partial charge in [0.25, 0.3) is 0 Å². The van der Waals surface area contributed by atoms with E-state index in [9.17, 15) is 15.3 Å². The van der Waals surface area contributed by atoms with Crippen LogP contribution in [-0.2, 0) is 109 Å². The molecule has 0 atom stereocenters. The van der Waals surface area contributed by atoms with Gasteiger partial charge in [-0.05, 0) is 121 Å². The fraction of sp³-hybridized carbons (Fsp3) is 0.684. The molecule has 0 fully saturated rings. The van der Waals surface area contributed by atoms with Gasteiger partial charge in [0.1, 0.15) is 17.2 Å². The molecule has 368 valence electrons. The van der Waals surface area contributed by atoms with E-state index in [4.69, 9.17) is 13.6 Å². The van der Waals surface area contributed by atoms with Crippen LogP contribution in [0.1, 0.15) is 250 Å². The number of benzene rings is 3. The number of phosphoric ester groups is 1. The molecule has 0 spiro atoms. The van der Waals surface area contributed by atoms with Gasteiger partial charge in [-0.2, -0.15) is 0 Å². The van der Waals surface area contributed by atoms with E-state index in [0.29, 0.717) is 55.8 Å². The molecule has 0 saturated carbocycles. The highest BCUT2D eigenvalue weighted by molar-refractivity contribution is 7.48. The zero-order valence-corrected chi connectivity index (χ0v) is 46.7. The van der Waals surface area contributed by atoms with Gasteiger partial charge in [0, 0.05) is 33.4 Å². The van der Waals surface area contributed by atoms with Crippen LogP contribution in [0, 0.1) is 0 Å². The van der Waals surface area contributed by atoms with Crippen molar-refractivity contribution in [3.8, 4) is 17.2 Å². The molecule has 0 aromatic heterocycles. The summed E-state index contributed by atoms with van der Waals surface area (Å²) in [6, 6.07) is 0. The Labute approximate surface area is 397 Å². The lowest BCUT2D eigenvalue weighted by molar-refractivity contribution is 0.0966. The fourth-order valence-corrected chi connectivity index (χ4v) is 12.0.